The van der Waals surface area contributed by atoms with E-state index in [1.165, 1.54) is 5.56 Å². The second kappa shape index (κ2) is 4.77. The summed E-state index contributed by atoms with van der Waals surface area (Å²) in [6.07, 6.45) is 1.60. The molecule has 0 aliphatic carbocycles. The van der Waals surface area contributed by atoms with Crippen LogP contribution in [0.25, 0.3) is 0 Å². The number of hydrogen-bond acceptors (Lipinski definition) is 3. The van der Waals surface area contributed by atoms with Crippen LogP contribution in [-0.2, 0) is 12.0 Å². The van der Waals surface area contributed by atoms with Crippen molar-refractivity contribution in [2.75, 3.05) is 5.73 Å². The molecule has 98 valence electrons. The van der Waals surface area contributed by atoms with E-state index in [4.69, 9.17) is 11.0 Å². The van der Waals surface area contributed by atoms with Gasteiger partial charge in [-0.3, -0.25) is 0 Å². The number of nitriles is 1. The highest BCUT2D eigenvalue weighted by atomic mass is 15.1. The van der Waals surface area contributed by atoms with Crippen molar-refractivity contribution in [1.29, 1.82) is 5.26 Å². The molecule has 4 nitrogen and oxygen atoms in total. The number of nitrogens with two attached hydrogens (primary N) is 1. The smallest absolute Gasteiger partial charge is 0.164 e. The molecule has 0 radical (unpaired) electrons. The van der Waals surface area contributed by atoms with Gasteiger partial charge in [0.15, 0.2) is 11.5 Å². The summed E-state index contributed by atoms with van der Waals surface area (Å²) in [5, 5.41) is 9.03. The van der Waals surface area contributed by atoms with Crippen molar-refractivity contribution in [2.45, 2.75) is 32.7 Å². The van der Waals surface area contributed by atoms with Gasteiger partial charge in [-0.2, -0.15) is 5.26 Å². The fraction of sp³-hybridized carbons (Fsp3) is 0.333. The Morgan fingerprint density at radius 3 is 2.42 bits per heavy atom. The number of nitrogen functional groups attached to an aromatic ring is 1. The minimum Gasteiger partial charge on any atom is -0.381 e. The van der Waals surface area contributed by atoms with Crippen LogP contribution in [0.3, 0.4) is 0 Å². The van der Waals surface area contributed by atoms with Gasteiger partial charge in [0.1, 0.15) is 6.07 Å². The van der Waals surface area contributed by atoms with Crippen LogP contribution in [0, 0.1) is 11.3 Å². The minimum absolute atomic E-state index is 0.149. The molecule has 0 saturated carbocycles. The van der Waals surface area contributed by atoms with Crippen molar-refractivity contribution in [2.24, 2.45) is 0 Å². The Kier molecular flexibility index (Phi) is 3.30. The predicted octanol–water partition coefficient (Wildman–Crippen LogP) is 2.68. The Morgan fingerprint density at radius 1 is 1.26 bits per heavy atom. The topological polar surface area (TPSA) is 67.6 Å². The maximum Gasteiger partial charge on any atom is 0.164 e. The quantitative estimate of drug-likeness (QED) is 0.895. The van der Waals surface area contributed by atoms with Crippen molar-refractivity contribution in [1.82, 2.24) is 9.55 Å². The van der Waals surface area contributed by atoms with E-state index in [1.54, 1.807) is 10.9 Å². The summed E-state index contributed by atoms with van der Waals surface area (Å²) in [5.41, 5.74) is 8.62. The zero-order valence-corrected chi connectivity index (χ0v) is 11.5. The molecule has 0 unspecified atom stereocenters. The molecule has 0 atom stereocenters. The van der Waals surface area contributed by atoms with Crippen LogP contribution in [0.2, 0.25) is 0 Å². The van der Waals surface area contributed by atoms with E-state index < -0.39 is 0 Å². The van der Waals surface area contributed by atoms with Crippen molar-refractivity contribution in [3.63, 3.8) is 0 Å². The van der Waals surface area contributed by atoms with Gasteiger partial charge < -0.3 is 10.3 Å². The van der Waals surface area contributed by atoms with Gasteiger partial charge >= 0.3 is 0 Å². The Labute approximate surface area is 113 Å². The first-order chi connectivity index (χ1) is 8.91. The Morgan fingerprint density at radius 2 is 1.89 bits per heavy atom. The number of rotatable bonds is 2. The molecule has 0 fully saturated rings. The molecule has 0 saturated heterocycles. The predicted molar refractivity (Wildman–Crippen MR) is 75.6 cm³/mol. The van der Waals surface area contributed by atoms with Crippen LogP contribution >= 0.6 is 0 Å². The summed E-state index contributed by atoms with van der Waals surface area (Å²) >= 11 is 0. The molecule has 0 amide bonds. The lowest BCUT2D eigenvalue weighted by atomic mass is 9.87. The highest BCUT2D eigenvalue weighted by Gasteiger charge is 2.13. The van der Waals surface area contributed by atoms with Gasteiger partial charge in [0.25, 0.3) is 0 Å². The molecule has 1 heterocycles. The fourth-order valence-corrected chi connectivity index (χ4v) is 1.95. The Hall–Kier alpha value is -2.28. The summed E-state index contributed by atoms with van der Waals surface area (Å²) in [5.74, 6) is 0.286. The molecule has 1 aromatic heterocycles. The lowest BCUT2D eigenvalue weighted by molar-refractivity contribution is 0.589. The van der Waals surface area contributed by atoms with Gasteiger partial charge in [0.2, 0.25) is 0 Å². The molecule has 0 bridgehead atoms. The summed E-state index contributed by atoms with van der Waals surface area (Å²) in [4.78, 5) is 3.96. The average molecular weight is 254 g/mol. The summed E-state index contributed by atoms with van der Waals surface area (Å²) in [6.45, 7) is 7.17. The first-order valence-electron chi connectivity index (χ1n) is 6.22. The highest BCUT2D eigenvalue weighted by Crippen LogP contribution is 2.22. The second-order valence-electron chi connectivity index (χ2n) is 5.67. The van der Waals surface area contributed by atoms with E-state index in [9.17, 15) is 0 Å². The molecule has 2 N–H and O–H groups in total. The average Bonchev–Trinajstić information content (AvgIpc) is 2.69. The molecule has 0 aliphatic rings. The van der Waals surface area contributed by atoms with Gasteiger partial charge in [-0.05, 0) is 16.5 Å². The number of hydrogen-bond donors (Lipinski definition) is 1. The van der Waals surface area contributed by atoms with E-state index >= 15 is 0 Å². The third kappa shape index (κ3) is 2.76. The zero-order chi connectivity index (χ0) is 14.0. The third-order valence-corrected chi connectivity index (χ3v) is 3.14. The van der Waals surface area contributed by atoms with Crippen LogP contribution in [-0.4, -0.2) is 9.55 Å². The lowest BCUT2D eigenvalue weighted by Gasteiger charge is -2.19. The van der Waals surface area contributed by atoms with Crippen LogP contribution in [0.15, 0.2) is 30.6 Å². The summed E-state index contributed by atoms with van der Waals surface area (Å²) < 4.78 is 1.77. The van der Waals surface area contributed by atoms with Crippen molar-refractivity contribution >= 4 is 5.82 Å². The zero-order valence-electron chi connectivity index (χ0n) is 11.5. The van der Waals surface area contributed by atoms with Crippen LogP contribution in [0.1, 0.15) is 37.6 Å². The largest absolute Gasteiger partial charge is 0.381 e. The van der Waals surface area contributed by atoms with E-state index in [0.29, 0.717) is 12.2 Å². The normalized spacial score (nSPS) is 11.3. The van der Waals surface area contributed by atoms with E-state index in [-0.39, 0.29) is 11.2 Å². The fourth-order valence-electron chi connectivity index (χ4n) is 1.95. The molecular weight excluding hydrogens is 236 g/mol. The van der Waals surface area contributed by atoms with Gasteiger partial charge in [0, 0.05) is 6.54 Å². The maximum absolute atomic E-state index is 9.03. The number of benzene rings is 1. The minimum atomic E-state index is 0.149. The van der Waals surface area contributed by atoms with E-state index in [0.717, 1.165) is 5.56 Å². The molecule has 2 aromatic rings. The first-order valence-corrected chi connectivity index (χ1v) is 6.22. The molecule has 0 spiro atoms. The standard InChI is InChI=1S/C15H18N4/c1-15(2,3)12-6-4-11(5-7-12)9-19-10-18-14(17)13(19)8-16/h4-7,10H,9,17H2,1-3H3. The molecule has 2 rings (SSSR count). The third-order valence-electron chi connectivity index (χ3n) is 3.14. The number of nitrogens with zero attached hydrogens (tertiary/aromatic N) is 3. The van der Waals surface area contributed by atoms with Crippen LogP contribution < -0.4 is 5.73 Å². The number of anilines is 1. The SMILES string of the molecule is CC(C)(C)c1ccc(Cn2cnc(N)c2C#N)cc1. The maximum atomic E-state index is 9.03. The molecule has 1 aromatic carbocycles. The van der Waals surface area contributed by atoms with Crippen molar-refractivity contribution in [3.05, 3.63) is 47.4 Å². The van der Waals surface area contributed by atoms with Crippen LogP contribution in [0.4, 0.5) is 5.82 Å². The van der Waals surface area contributed by atoms with Crippen molar-refractivity contribution in [3.8, 4) is 6.07 Å². The molecule has 0 aliphatic heterocycles. The van der Waals surface area contributed by atoms with Crippen LogP contribution in [0.5, 0.6) is 0 Å². The molecule has 19 heavy (non-hydrogen) atoms. The summed E-state index contributed by atoms with van der Waals surface area (Å²) in [6, 6.07) is 10.5. The van der Waals surface area contributed by atoms with Gasteiger partial charge in [-0.1, -0.05) is 45.0 Å². The Balaban J connectivity index is 2.23. The van der Waals surface area contributed by atoms with Gasteiger partial charge in [0.05, 0.1) is 6.33 Å². The van der Waals surface area contributed by atoms with Gasteiger partial charge in [-0.15, -0.1) is 0 Å². The molecule has 4 heteroatoms. The highest BCUT2D eigenvalue weighted by molar-refractivity contribution is 5.44. The number of imidazole rings is 1. The first kappa shape index (κ1) is 13.2. The van der Waals surface area contributed by atoms with E-state index in [1.807, 2.05) is 0 Å². The monoisotopic (exact) mass is 254 g/mol. The molecular formula is C15H18N4. The Bertz CT molecular complexity index is 609. The van der Waals surface area contributed by atoms with Crippen molar-refractivity contribution < 1.29 is 0 Å². The number of aromatic nitrogens is 2. The van der Waals surface area contributed by atoms with E-state index in [2.05, 4.69) is 56.1 Å². The lowest BCUT2D eigenvalue weighted by Crippen LogP contribution is -2.11. The van der Waals surface area contributed by atoms with Gasteiger partial charge in [-0.25, -0.2) is 4.98 Å². The summed E-state index contributed by atoms with van der Waals surface area (Å²) in [7, 11) is 0. The second-order valence-corrected chi connectivity index (χ2v) is 5.67.